The molecule has 1 aromatic carbocycles. The SMILES string of the molecule is CCNC(=O)C(=O)Nc1ccc(C(N)=O)cc1. The third kappa shape index (κ3) is 3.60. The van der Waals surface area contributed by atoms with E-state index in [1.54, 1.807) is 6.92 Å². The summed E-state index contributed by atoms with van der Waals surface area (Å²) in [4.78, 5) is 33.2. The highest BCUT2D eigenvalue weighted by Crippen LogP contribution is 2.08. The van der Waals surface area contributed by atoms with Crippen molar-refractivity contribution in [2.24, 2.45) is 5.73 Å². The van der Waals surface area contributed by atoms with Crippen molar-refractivity contribution >= 4 is 23.4 Å². The predicted octanol–water partition coefficient (Wildman–Crippen LogP) is -0.140. The van der Waals surface area contributed by atoms with E-state index in [9.17, 15) is 14.4 Å². The number of likely N-dealkylation sites (N-methyl/N-ethyl adjacent to an activating group) is 1. The summed E-state index contributed by atoms with van der Waals surface area (Å²) in [6, 6.07) is 5.93. The van der Waals surface area contributed by atoms with Crippen molar-refractivity contribution in [1.82, 2.24) is 5.32 Å². The van der Waals surface area contributed by atoms with E-state index in [1.165, 1.54) is 24.3 Å². The zero-order valence-electron chi connectivity index (χ0n) is 9.32. The van der Waals surface area contributed by atoms with Gasteiger partial charge in [-0.3, -0.25) is 14.4 Å². The van der Waals surface area contributed by atoms with Crippen molar-refractivity contribution < 1.29 is 14.4 Å². The normalized spacial score (nSPS) is 9.47. The Bertz CT molecular complexity index is 440. The summed E-state index contributed by atoms with van der Waals surface area (Å²) in [7, 11) is 0. The van der Waals surface area contributed by atoms with Crippen molar-refractivity contribution in [2.75, 3.05) is 11.9 Å². The third-order valence-electron chi connectivity index (χ3n) is 1.97. The van der Waals surface area contributed by atoms with Crippen LogP contribution in [-0.2, 0) is 9.59 Å². The van der Waals surface area contributed by atoms with Gasteiger partial charge >= 0.3 is 11.8 Å². The monoisotopic (exact) mass is 235 g/mol. The molecular weight excluding hydrogens is 222 g/mol. The molecule has 0 aliphatic heterocycles. The van der Waals surface area contributed by atoms with Gasteiger partial charge in [-0.2, -0.15) is 0 Å². The average Bonchev–Trinajstić information content (AvgIpc) is 2.30. The van der Waals surface area contributed by atoms with Crippen LogP contribution in [0.25, 0.3) is 0 Å². The lowest BCUT2D eigenvalue weighted by molar-refractivity contribution is -0.136. The molecule has 0 heterocycles. The van der Waals surface area contributed by atoms with Crippen LogP contribution in [0.1, 0.15) is 17.3 Å². The Kier molecular flexibility index (Phi) is 4.21. The lowest BCUT2D eigenvalue weighted by Gasteiger charge is -2.05. The van der Waals surface area contributed by atoms with Crippen LogP contribution >= 0.6 is 0 Å². The molecule has 6 heteroatoms. The number of carbonyl (C=O) groups is 3. The smallest absolute Gasteiger partial charge is 0.313 e. The average molecular weight is 235 g/mol. The second kappa shape index (κ2) is 5.64. The van der Waals surface area contributed by atoms with E-state index in [1.807, 2.05) is 0 Å². The quantitative estimate of drug-likeness (QED) is 0.635. The van der Waals surface area contributed by atoms with Crippen LogP contribution in [0.4, 0.5) is 5.69 Å². The third-order valence-corrected chi connectivity index (χ3v) is 1.97. The first kappa shape index (κ1) is 12.7. The van der Waals surface area contributed by atoms with Crippen molar-refractivity contribution in [1.29, 1.82) is 0 Å². The summed E-state index contributed by atoms with van der Waals surface area (Å²) >= 11 is 0. The summed E-state index contributed by atoms with van der Waals surface area (Å²) in [5.41, 5.74) is 5.82. The molecule has 3 amide bonds. The number of rotatable bonds is 3. The topological polar surface area (TPSA) is 101 Å². The van der Waals surface area contributed by atoms with E-state index >= 15 is 0 Å². The molecule has 1 aromatic rings. The molecule has 0 aliphatic carbocycles. The number of anilines is 1. The zero-order valence-corrected chi connectivity index (χ0v) is 9.32. The molecule has 90 valence electrons. The summed E-state index contributed by atoms with van der Waals surface area (Å²) in [5, 5.41) is 4.76. The Morgan fingerprint density at radius 1 is 1.12 bits per heavy atom. The Morgan fingerprint density at radius 3 is 2.18 bits per heavy atom. The van der Waals surface area contributed by atoms with Gasteiger partial charge in [-0.25, -0.2) is 0 Å². The molecule has 0 bridgehead atoms. The molecule has 0 spiro atoms. The molecule has 17 heavy (non-hydrogen) atoms. The molecule has 0 aliphatic rings. The second-order valence-corrected chi connectivity index (χ2v) is 3.26. The number of primary amides is 1. The van der Waals surface area contributed by atoms with Gasteiger partial charge < -0.3 is 16.4 Å². The van der Waals surface area contributed by atoms with E-state index in [0.717, 1.165) is 0 Å². The van der Waals surface area contributed by atoms with Crippen molar-refractivity contribution in [3.63, 3.8) is 0 Å². The Morgan fingerprint density at radius 2 is 1.71 bits per heavy atom. The molecule has 4 N–H and O–H groups in total. The van der Waals surface area contributed by atoms with Gasteiger partial charge in [0, 0.05) is 17.8 Å². The number of amides is 3. The minimum absolute atomic E-state index is 0.334. The summed E-state index contributed by atoms with van der Waals surface area (Å²) < 4.78 is 0. The van der Waals surface area contributed by atoms with Gasteiger partial charge in [-0.1, -0.05) is 0 Å². The van der Waals surface area contributed by atoms with Gasteiger partial charge in [-0.05, 0) is 31.2 Å². The first-order chi connectivity index (χ1) is 8.04. The van der Waals surface area contributed by atoms with Crippen LogP contribution in [0.15, 0.2) is 24.3 Å². The van der Waals surface area contributed by atoms with Crippen LogP contribution in [0.5, 0.6) is 0 Å². The number of nitrogens with one attached hydrogen (secondary N) is 2. The first-order valence-corrected chi connectivity index (χ1v) is 5.03. The maximum absolute atomic E-state index is 11.3. The van der Waals surface area contributed by atoms with Gasteiger partial charge in [0.15, 0.2) is 0 Å². The fraction of sp³-hybridized carbons (Fsp3) is 0.182. The Labute approximate surface area is 98.2 Å². The van der Waals surface area contributed by atoms with Crippen LogP contribution in [0.3, 0.4) is 0 Å². The molecule has 0 fully saturated rings. The molecule has 0 atom stereocenters. The summed E-state index contributed by atoms with van der Waals surface area (Å²) in [5.74, 6) is -2.00. The molecule has 0 aromatic heterocycles. The molecule has 0 radical (unpaired) electrons. The van der Waals surface area contributed by atoms with Crippen LogP contribution in [0, 0.1) is 0 Å². The number of hydrogen-bond acceptors (Lipinski definition) is 3. The van der Waals surface area contributed by atoms with Gasteiger partial charge in [0.05, 0.1) is 0 Å². The van der Waals surface area contributed by atoms with Gasteiger partial charge in [0.2, 0.25) is 5.91 Å². The van der Waals surface area contributed by atoms with Crippen molar-refractivity contribution in [3.8, 4) is 0 Å². The van der Waals surface area contributed by atoms with Crippen molar-refractivity contribution in [2.45, 2.75) is 6.92 Å². The lowest BCUT2D eigenvalue weighted by atomic mass is 10.2. The van der Waals surface area contributed by atoms with E-state index < -0.39 is 17.7 Å². The van der Waals surface area contributed by atoms with Gasteiger partial charge in [0.25, 0.3) is 0 Å². The van der Waals surface area contributed by atoms with Gasteiger partial charge in [-0.15, -0.1) is 0 Å². The van der Waals surface area contributed by atoms with Crippen molar-refractivity contribution in [3.05, 3.63) is 29.8 Å². The zero-order chi connectivity index (χ0) is 12.8. The van der Waals surface area contributed by atoms with Crippen LogP contribution in [-0.4, -0.2) is 24.3 Å². The minimum Gasteiger partial charge on any atom is -0.366 e. The highest BCUT2D eigenvalue weighted by Gasteiger charge is 2.12. The minimum atomic E-state index is -0.751. The maximum atomic E-state index is 11.3. The molecule has 0 saturated carbocycles. The second-order valence-electron chi connectivity index (χ2n) is 3.26. The highest BCUT2D eigenvalue weighted by atomic mass is 16.2. The number of benzene rings is 1. The largest absolute Gasteiger partial charge is 0.366 e. The highest BCUT2D eigenvalue weighted by molar-refractivity contribution is 6.39. The molecule has 1 rings (SSSR count). The maximum Gasteiger partial charge on any atom is 0.313 e. The van der Waals surface area contributed by atoms with Crippen LogP contribution in [0.2, 0.25) is 0 Å². The van der Waals surface area contributed by atoms with E-state index in [-0.39, 0.29) is 0 Å². The Hall–Kier alpha value is -2.37. The molecule has 6 nitrogen and oxygen atoms in total. The van der Waals surface area contributed by atoms with Crippen LogP contribution < -0.4 is 16.4 Å². The fourth-order valence-electron chi connectivity index (χ4n) is 1.15. The standard InChI is InChI=1S/C11H13N3O3/c1-2-13-10(16)11(17)14-8-5-3-7(4-6-8)9(12)15/h3-6H,2H2,1H3,(H2,12,15)(H,13,16)(H,14,17). The molecule has 0 saturated heterocycles. The number of carbonyl (C=O) groups excluding carboxylic acids is 3. The Balaban J connectivity index is 2.66. The molecular formula is C11H13N3O3. The van der Waals surface area contributed by atoms with E-state index in [2.05, 4.69) is 10.6 Å². The fourth-order valence-corrected chi connectivity index (χ4v) is 1.15. The van der Waals surface area contributed by atoms with E-state index in [4.69, 9.17) is 5.73 Å². The lowest BCUT2D eigenvalue weighted by Crippen LogP contribution is -2.35. The first-order valence-electron chi connectivity index (χ1n) is 5.03. The molecule has 0 unspecified atom stereocenters. The number of nitrogens with two attached hydrogens (primary N) is 1. The number of hydrogen-bond donors (Lipinski definition) is 3. The van der Waals surface area contributed by atoms with Gasteiger partial charge in [0.1, 0.15) is 0 Å². The van der Waals surface area contributed by atoms with E-state index in [0.29, 0.717) is 17.8 Å². The predicted molar refractivity (Wildman–Crippen MR) is 62.3 cm³/mol. The summed E-state index contributed by atoms with van der Waals surface area (Å²) in [6.45, 7) is 2.10. The summed E-state index contributed by atoms with van der Waals surface area (Å²) in [6.07, 6.45) is 0.